The van der Waals surface area contributed by atoms with Gasteiger partial charge < -0.3 is 15.6 Å². The summed E-state index contributed by atoms with van der Waals surface area (Å²) in [7, 11) is 1.30. The normalized spacial score (nSPS) is 14.6. The van der Waals surface area contributed by atoms with Crippen molar-refractivity contribution in [2.45, 2.75) is 19.1 Å². The summed E-state index contributed by atoms with van der Waals surface area (Å²) in [5, 5.41) is 8.93. The van der Waals surface area contributed by atoms with E-state index in [0.29, 0.717) is 0 Å². The number of aliphatic hydroxyl groups is 1. The smallest absolute Gasteiger partial charge is 0.165 e. The Morgan fingerprint density at radius 3 is 2.56 bits per heavy atom. The Balaban J connectivity index is 3.30. The predicted octanol–water partition coefficient (Wildman–Crippen LogP) is 1.86. The fourth-order valence-corrected chi connectivity index (χ4v) is 1.46. The van der Waals surface area contributed by atoms with Crippen molar-refractivity contribution in [3.05, 3.63) is 29.1 Å². The minimum absolute atomic E-state index is 0.0500. The molecule has 0 aromatic heterocycles. The maximum Gasteiger partial charge on any atom is 0.165 e. The Morgan fingerprint density at radius 1 is 1.50 bits per heavy atom. The molecule has 3 nitrogen and oxygen atoms in total. The van der Waals surface area contributed by atoms with E-state index in [0.717, 1.165) is 6.07 Å². The van der Waals surface area contributed by atoms with Crippen LogP contribution in [0, 0.1) is 5.82 Å². The van der Waals surface area contributed by atoms with Gasteiger partial charge in [0.1, 0.15) is 6.17 Å². The molecular formula is C11H15F2NO2. The highest BCUT2D eigenvalue weighted by Crippen LogP contribution is 2.31. The third-order valence-corrected chi connectivity index (χ3v) is 2.35. The van der Waals surface area contributed by atoms with Crippen LogP contribution in [0.2, 0.25) is 0 Å². The Kier molecular flexibility index (Phi) is 4.20. The number of halogens is 2. The molecule has 5 heteroatoms. The third kappa shape index (κ3) is 2.48. The molecule has 0 aliphatic rings. The summed E-state index contributed by atoms with van der Waals surface area (Å²) >= 11 is 0. The number of nitrogens with two attached hydrogens (primary N) is 1. The van der Waals surface area contributed by atoms with Crippen molar-refractivity contribution in [1.29, 1.82) is 0 Å². The first kappa shape index (κ1) is 12.9. The average molecular weight is 231 g/mol. The molecule has 0 saturated carbocycles. The van der Waals surface area contributed by atoms with Gasteiger partial charge in [-0.15, -0.1) is 0 Å². The van der Waals surface area contributed by atoms with Crippen LogP contribution in [0.5, 0.6) is 5.75 Å². The first-order chi connectivity index (χ1) is 7.51. The maximum absolute atomic E-state index is 13.5. The molecule has 0 fully saturated rings. The summed E-state index contributed by atoms with van der Waals surface area (Å²) in [4.78, 5) is 0. The molecule has 0 spiro atoms. The molecule has 1 rings (SSSR count). The second-order valence-electron chi connectivity index (χ2n) is 3.53. The van der Waals surface area contributed by atoms with Crippen LogP contribution in [-0.2, 0) is 0 Å². The lowest BCUT2D eigenvalue weighted by molar-refractivity contribution is 0.263. The second kappa shape index (κ2) is 5.23. The number of hydrogen-bond donors (Lipinski definition) is 2. The lowest BCUT2D eigenvalue weighted by atomic mass is 10.0. The van der Waals surface area contributed by atoms with Crippen molar-refractivity contribution in [2.24, 2.45) is 5.73 Å². The van der Waals surface area contributed by atoms with Crippen LogP contribution in [0.4, 0.5) is 8.78 Å². The molecule has 0 aliphatic carbocycles. The molecule has 2 unspecified atom stereocenters. The van der Waals surface area contributed by atoms with Crippen LogP contribution in [0.15, 0.2) is 12.1 Å². The lowest BCUT2D eigenvalue weighted by Gasteiger charge is -2.16. The molecule has 16 heavy (non-hydrogen) atoms. The molecule has 0 amide bonds. The van der Waals surface area contributed by atoms with E-state index in [9.17, 15) is 8.78 Å². The minimum Gasteiger partial charge on any atom is -0.493 e. The van der Waals surface area contributed by atoms with E-state index in [1.54, 1.807) is 0 Å². The number of rotatable bonds is 4. The van der Waals surface area contributed by atoms with Gasteiger partial charge in [0.15, 0.2) is 11.6 Å². The Bertz CT molecular complexity index is 369. The fraction of sp³-hybridized carbons (Fsp3) is 0.455. The van der Waals surface area contributed by atoms with Gasteiger partial charge in [-0.3, -0.25) is 0 Å². The van der Waals surface area contributed by atoms with Crippen LogP contribution < -0.4 is 10.5 Å². The van der Waals surface area contributed by atoms with Crippen molar-refractivity contribution in [3.63, 3.8) is 0 Å². The first-order valence-electron chi connectivity index (χ1n) is 4.89. The van der Waals surface area contributed by atoms with E-state index in [1.165, 1.54) is 20.1 Å². The monoisotopic (exact) mass is 231 g/mol. The Morgan fingerprint density at radius 2 is 2.12 bits per heavy atom. The number of aliphatic hydroxyl groups excluding tert-OH is 1. The molecule has 0 radical (unpaired) electrons. The highest BCUT2D eigenvalue weighted by Gasteiger charge is 2.18. The summed E-state index contributed by atoms with van der Waals surface area (Å²) in [6, 6.07) is 1.69. The molecule has 1 aromatic rings. The summed E-state index contributed by atoms with van der Waals surface area (Å²) in [6.07, 6.45) is -1.30. The number of benzene rings is 1. The van der Waals surface area contributed by atoms with Crippen LogP contribution in [0.3, 0.4) is 0 Å². The van der Waals surface area contributed by atoms with Gasteiger partial charge in [0.25, 0.3) is 0 Å². The van der Waals surface area contributed by atoms with Gasteiger partial charge >= 0.3 is 0 Å². The number of alkyl halides is 1. The first-order valence-corrected chi connectivity index (χ1v) is 4.89. The molecule has 1 aromatic carbocycles. The van der Waals surface area contributed by atoms with Crippen molar-refractivity contribution in [2.75, 3.05) is 13.7 Å². The minimum atomic E-state index is -1.30. The summed E-state index contributed by atoms with van der Waals surface area (Å²) < 4.78 is 31.5. The van der Waals surface area contributed by atoms with Gasteiger partial charge in [-0.1, -0.05) is 0 Å². The third-order valence-electron chi connectivity index (χ3n) is 2.35. The Labute approximate surface area is 92.8 Å². The highest BCUT2D eigenvalue weighted by molar-refractivity contribution is 5.41. The molecule has 90 valence electrons. The molecule has 2 atom stereocenters. The van der Waals surface area contributed by atoms with Crippen molar-refractivity contribution >= 4 is 0 Å². The Hall–Kier alpha value is -1.20. The van der Waals surface area contributed by atoms with Crippen molar-refractivity contribution < 1.29 is 18.6 Å². The largest absolute Gasteiger partial charge is 0.493 e. The lowest BCUT2D eigenvalue weighted by Crippen LogP contribution is -2.16. The van der Waals surface area contributed by atoms with Crippen LogP contribution in [0.1, 0.15) is 30.3 Å². The van der Waals surface area contributed by atoms with Crippen LogP contribution in [0.25, 0.3) is 0 Å². The summed E-state index contributed by atoms with van der Waals surface area (Å²) in [6.45, 7) is 0.940. The number of methoxy groups -OCH3 is 1. The number of hydrogen-bond acceptors (Lipinski definition) is 3. The standard InChI is InChI=1S/C11H15F2NO2/c1-6(12)7-3-8(10(14)5-15)11(16-2)9(13)4-7/h3-4,6,10,15H,5,14H2,1-2H3. The van der Waals surface area contributed by atoms with Crippen LogP contribution in [-0.4, -0.2) is 18.8 Å². The SMILES string of the molecule is COc1c(F)cc(C(C)F)cc1C(N)CO. The van der Waals surface area contributed by atoms with E-state index < -0.39 is 18.0 Å². The predicted molar refractivity (Wildman–Crippen MR) is 56.5 cm³/mol. The molecule has 0 aliphatic heterocycles. The van der Waals surface area contributed by atoms with Gasteiger partial charge in [-0.25, -0.2) is 8.78 Å². The molecular weight excluding hydrogens is 216 g/mol. The average Bonchev–Trinajstić information content (AvgIpc) is 2.26. The van der Waals surface area contributed by atoms with E-state index in [1.807, 2.05) is 0 Å². The quantitative estimate of drug-likeness (QED) is 0.831. The zero-order valence-corrected chi connectivity index (χ0v) is 9.21. The number of ether oxygens (including phenoxy) is 1. The van der Waals surface area contributed by atoms with Gasteiger partial charge in [-0.05, 0) is 24.6 Å². The fourth-order valence-electron chi connectivity index (χ4n) is 1.46. The van der Waals surface area contributed by atoms with Crippen LogP contribution >= 0.6 is 0 Å². The zero-order chi connectivity index (χ0) is 12.3. The van der Waals surface area contributed by atoms with Crippen molar-refractivity contribution in [3.8, 4) is 5.75 Å². The molecule has 0 bridgehead atoms. The van der Waals surface area contributed by atoms with Crippen molar-refractivity contribution in [1.82, 2.24) is 0 Å². The van der Waals surface area contributed by atoms with E-state index >= 15 is 0 Å². The maximum atomic E-state index is 13.5. The van der Waals surface area contributed by atoms with Gasteiger partial charge in [0, 0.05) is 5.56 Å². The topological polar surface area (TPSA) is 55.5 Å². The summed E-state index contributed by atoms with van der Waals surface area (Å²) in [5.41, 5.74) is 6.04. The molecule has 3 N–H and O–H groups in total. The zero-order valence-electron chi connectivity index (χ0n) is 9.21. The molecule has 0 heterocycles. The van der Waals surface area contributed by atoms with E-state index in [2.05, 4.69) is 0 Å². The van der Waals surface area contributed by atoms with Gasteiger partial charge in [0.2, 0.25) is 0 Å². The van der Waals surface area contributed by atoms with Gasteiger partial charge in [-0.2, -0.15) is 0 Å². The second-order valence-corrected chi connectivity index (χ2v) is 3.53. The highest BCUT2D eigenvalue weighted by atomic mass is 19.1. The van der Waals surface area contributed by atoms with Gasteiger partial charge in [0.05, 0.1) is 19.8 Å². The van der Waals surface area contributed by atoms with E-state index in [-0.39, 0.29) is 23.5 Å². The van der Waals surface area contributed by atoms with E-state index in [4.69, 9.17) is 15.6 Å². The molecule has 0 saturated heterocycles. The summed E-state index contributed by atoms with van der Waals surface area (Å²) in [5.74, 6) is -0.727.